The molecule has 0 atom stereocenters. The van der Waals surface area contributed by atoms with Crippen molar-refractivity contribution in [3.63, 3.8) is 0 Å². The molecule has 0 saturated carbocycles. The van der Waals surface area contributed by atoms with Gasteiger partial charge in [-0.3, -0.25) is 0 Å². The van der Waals surface area contributed by atoms with Crippen molar-refractivity contribution in [2.45, 2.75) is 0 Å². The van der Waals surface area contributed by atoms with E-state index in [1.54, 1.807) is 0 Å². The molecule has 0 heterocycles. The topological polar surface area (TPSA) is 77.4 Å². The van der Waals surface area contributed by atoms with Crippen molar-refractivity contribution < 1.29 is 29.2 Å². The summed E-state index contributed by atoms with van der Waals surface area (Å²) in [6.45, 7) is 2.42. The van der Waals surface area contributed by atoms with Crippen molar-refractivity contribution in [2.75, 3.05) is 52.9 Å². The van der Waals surface area contributed by atoms with E-state index in [-0.39, 0.29) is 13.2 Å². The Morgan fingerprint density at radius 3 is 2.12 bits per heavy atom. The van der Waals surface area contributed by atoms with E-state index in [1.807, 2.05) is 36.4 Å². The van der Waals surface area contributed by atoms with Gasteiger partial charge in [0.15, 0.2) is 0 Å². The van der Waals surface area contributed by atoms with E-state index in [9.17, 15) is 0 Å². The van der Waals surface area contributed by atoms with Gasteiger partial charge in [0.2, 0.25) is 0 Å². The van der Waals surface area contributed by atoms with Gasteiger partial charge < -0.3 is 29.2 Å². The van der Waals surface area contributed by atoms with E-state index >= 15 is 0 Å². The first-order valence-electron chi connectivity index (χ1n) is 8.00. The number of aliphatic hydroxyl groups is 2. The van der Waals surface area contributed by atoms with Crippen molar-refractivity contribution in [1.82, 2.24) is 0 Å². The molecule has 0 aliphatic heterocycles. The zero-order valence-corrected chi connectivity index (χ0v) is 13.6. The molecule has 6 heteroatoms. The highest BCUT2D eigenvalue weighted by molar-refractivity contribution is 5.89. The minimum atomic E-state index is 0.0160. The fourth-order valence-electron chi connectivity index (χ4n) is 2.21. The van der Waals surface area contributed by atoms with Crippen molar-refractivity contribution >= 4 is 10.8 Å². The maximum absolute atomic E-state index is 8.66. The van der Waals surface area contributed by atoms with Crippen LogP contribution in [0.15, 0.2) is 36.4 Å². The molecular formula is C18H24O6. The molecule has 0 aromatic heterocycles. The normalized spacial score (nSPS) is 10.9. The molecule has 2 aromatic carbocycles. The predicted octanol–water partition coefficient (Wildman–Crippen LogP) is 1.62. The number of benzene rings is 2. The summed E-state index contributed by atoms with van der Waals surface area (Å²) in [5.41, 5.74) is 0. The first-order chi connectivity index (χ1) is 11.8. The zero-order chi connectivity index (χ0) is 17.0. The molecule has 24 heavy (non-hydrogen) atoms. The first-order valence-corrected chi connectivity index (χ1v) is 8.00. The fourth-order valence-corrected chi connectivity index (χ4v) is 2.21. The molecule has 0 saturated heterocycles. The molecule has 2 aromatic rings. The highest BCUT2D eigenvalue weighted by Gasteiger charge is 2.04. The van der Waals surface area contributed by atoms with Crippen molar-refractivity contribution in [3.8, 4) is 11.5 Å². The molecule has 0 aliphatic carbocycles. The second-order valence-electron chi connectivity index (χ2n) is 5.01. The van der Waals surface area contributed by atoms with Crippen LogP contribution in [0.5, 0.6) is 11.5 Å². The SMILES string of the molecule is OCCOCCOc1ccc2c(OCCOCCO)cccc2c1. The number of rotatable bonds is 12. The summed E-state index contributed by atoms with van der Waals surface area (Å²) in [7, 11) is 0. The third-order valence-corrected chi connectivity index (χ3v) is 3.26. The summed E-state index contributed by atoms with van der Waals surface area (Å²) >= 11 is 0. The Hall–Kier alpha value is -1.86. The average molecular weight is 336 g/mol. The van der Waals surface area contributed by atoms with E-state index in [0.717, 1.165) is 22.3 Å². The van der Waals surface area contributed by atoms with Crippen LogP contribution in [-0.2, 0) is 9.47 Å². The van der Waals surface area contributed by atoms with Crippen LogP contribution in [0.2, 0.25) is 0 Å². The Balaban J connectivity index is 1.90. The number of hydrogen-bond acceptors (Lipinski definition) is 6. The van der Waals surface area contributed by atoms with Crippen LogP contribution in [0.3, 0.4) is 0 Å². The average Bonchev–Trinajstić information content (AvgIpc) is 2.61. The van der Waals surface area contributed by atoms with Crippen LogP contribution in [0.1, 0.15) is 0 Å². The fraction of sp³-hybridized carbons (Fsp3) is 0.444. The lowest BCUT2D eigenvalue weighted by Gasteiger charge is -2.11. The molecule has 0 spiro atoms. The Bertz CT molecular complexity index is 601. The molecule has 132 valence electrons. The van der Waals surface area contributed by atoms with Gasteiger partial charge in [-0.2, -0.15) is 0 Å². The molecule has 0 aliphatic rings. The molecule has 0 fully saturated rings. The minimum Gasteiger partial charge on any atom is -0.491 e. The summed E-state index contributed by atoms with van der Waals surface area (Å²) in [6.07, 6.45) is 0. The maximum Gasteiger partial charge on any atom is 0.127 e. The molecular weight excluding hydrogens is 312 g/mol. The second-order valence-corrected chi connectivity index (χ2v) is 5.01. The van der Waals surface area contributed by atoms with Crippen LogP contribution in [-0.4, -0.2) is 63.1 Å². The highest BCUT2D eigenvalue weighted by Crippen LogP contribution is 2.28. The van der Waals surface area contributed by atoms with Crippen LogP contribution in [0, 0.1) is 0 Å². The maximum atomic E-state index is 8.66. The Labute approximate surface area is 141 Å². The number of hydrogen-bond donors (Lipinski definition) is 2. The van der Waals surface area contributed by atoms with E-state index in [1.165, 1.54) is 0 Å². The quantitative estimate of drug-likeness (QED) is 0.574. The lowest BCUT2D eigenvalue weighted by Crippen LogP contribution is -2.09. The summed E-state index contributed by atoms with van der Waals surface area (Å²) in [5, 5.41) is 19.3. The number of ether oxygens (including phenoxy) is 4. The van der Waals surface area contributed by atoms with Gasteiger partial charge in [-0.25, -0.2) is 0 Å². The molecule has 0 radical (unpaired) electrons. The predicted molar refractivity (Wildman–Crippen MR) is 90.7 cm³/mol. The molecule has 2 N–H and O–H groups in total. The third-order valence-electron chi connectivity index (χ3n) is 3.26. The smallest absolute Gasteiger partial charge is 0.127 e. The van der Waals surface area contributed by atoms with Crippen LogP contribution < -0.4 is 9.47 Å². The van der Waals surface area contributed by atoms with Gasteiger partial charge in [0, 0.05) is 5.39 Å². The van der Waals surface area contributed by atoms with Gasteiger partial charge in [-0.05, 0) is 29.7 Å². The summed E-state index contributed by atoms with van der Waals surface area (Å²) in [5.74, 6) is 1.55. The highest BCUT2D eigenvalue weighted by atomic mass is 16.5. The van der Waals surface area contributed by atoms with Crippen molar-refractivity contribution in [2.24, 2.45) is 0 Å². The Kier molecular flexibility index (Phi) is 8.34. The third kappa shape index (κ3) is 5.98. The lowest BCUT2D eigenvalue weighted by atomic mass is 10.1. The van der Waals surface area contributed by atoms with Gasteiger partial charge in [0.1, 0.15) is 24.7 Å². The van der Waals surface area contributed by atoms with Crippen LogP contribution in [0.4, 0.5) is 0 Å². The summed E-state index contributed by atoms with van der Waals surface area (Å²) in [4.78, 5) is 0. The molecule has 2 rings (SSSR count). The first kappa shape index (κ1) is 18.5. The van der Waals surface area contributed by atoms with Crippen molar-refractivity contribution in [3.05, 3.63) is 36.4 Å². The molecule has 6 nitrogen and oxygen atoms in total. The summed E-state index contributed by atoms with van der Waals surface area (Å²) in [6, 6.07) is 11.7. The van der Waals surface area contributed by atoms with Gasteiger partial charge in [-0.1, -0.05) is 12.1 Å². The van der Waals surface area contributed by atoms with Crippen LogP contribution in [0.25, 0.3) is 10.8 Å². The lowest BCUT2D eigenvalue weighted by molar-refractivity contribution is 0.0705. The molecule has 0 unspecified atom stereocenters. The molecule has 0 bridgehead atoms. The summed E-state index contributed by atoms with van der Waals surface area (Å²) < 4.78 is 21.7. The van der Waals surface area contributed by atoms with Gasteiger partial charge in [-0.15, -0.1) is 0 Å². The largest absolute Gasteiger partial charge is 0.491 e. The van der Waals surface area contributed by atoms with E-state index in [4.69, 9.17) is 29.2 Å². The Morgan fingerprint density at radius 2 is 1.42 bits per heavy atom. The zero-order valence-electron chi connectivity index (χ0n) is 13.6. The number of fused-ring (bicyclic) bond motifs is 1. The Morgan fingerprint density at radius 1 is 0.708 bits per heavy atom. The van der Waals surface area contributed by atoms with Gasteiger partial charge in [0.05, 0.1) is 39.6 Å². The molecule has 0 amide bonds. The number of aliphatic hydroxyl groups excluding tert-OH is 2. The van der Waals surface area contributed by atoms with E-state index in [0.29, 0.717) is 39.6 Å². The van der Waals surface area contributed by atoms with E-state index < -0.39 is 0 Å². The van der Waals surface area contributed by atoms with Gasteiger partial charge >= 0.3 is 0 Å². The standard InChI is InChI=1S/C18H24O6/c19-6-8-21-10-12-23-16-4-5-17-15(14-16)2-1-3-18(17)24-13-11-22-9-7-20/h1-5,14,19-20H,6-13H2. The van der Waals surface area contributed by atoms with Gasteiger partial charge in [0.25, 0.3) is 0 Å². The van der Waals surface area contributed by atoms with Crippen molar-refractivity contribution in [1.29, 1.82) is 0 Å². The minimum absolute atomic E-state index is 0.0160. The monoisotopic (exact) mass is 336 g/mol. The van der Waals surface area contributed by atoms with Crippen LogP contribution >= 0.6 is 0 Å². The van der Waals surface area contributed by atoms with E-state index in [2.05, 4.69) is 0 Å². The second kappa shape index (κ2) is 10.8.